The molecule has 0 bridgehead atoms. The maximum Gasteiger partial charge on any atom is 0.0414 e. The lowest BCUT2D eigenvalue weighted by Crippen LogP contribution is -2.55. The van der Waals surface area contributed by atoms with E-state index < -0.39 is 0 Å². The van der Waals surface area contributed by atoms with Gasteiger partial charge in [0.2, 0.25) is 0 Å². The third-order valence-electron chi connectivity index (χ3n) is 3.82. The molecule has 3 nitrogen and oxygen atoms in total. The molecule has 3 N–H and O–H groups in total. The number of likely N-dealkylation sites (N-methyl/N-ethyl adjacent to an activating group) is 1. The van der Waals surface area contributed by atoms with E-state index in [2.05, 4.69) is 48.6 Å². The van der Waals surface area contributed by atoms with E-state index in [0.717, 1.165) is 18.7 Å². The van der Waals surface area contributed by atoms with E-state index in [1.165, 1.54) is 16.9 Å². The zero-order valence-electron chi connectivity index (χ0n) is 11.2. The van der Waals surface area contributed by atoms with Crippen molar-refractivity contribution >= 4 is 11.8 Å². The Balaban J connectivity index is 2.07. The van der Waals surface area contributed by atoms with Gasteiger partial charge in [0.25, 0.3) is 0 Å². The first-order valence-electron chi connectivity index (χ1n) is 6.51. The van der Waals surface area contributed by atoms with E-state index in [1.54, 1.807) is 0 Å². The minimum absolute atomic E-state index is 0.323. The van der Waals surface area contributed by atoms with Gasteiger partial charge in [-0.25, -0.2) is 0 Å². The number of benzene rings is 1. The zero-order chi connectivity index (χ0) is 13.0. The Labute approximate surface area is 114 Å². The molecule has 1 aliphatic heterocycles. The Morgan fingerprint density at radius 3 is 2.94 bits per heavy atom. The highest BCUT2D eigenvalue weighted by molar-refractivity contribution is 7.99. The van der Waals surface area contributed by atoms with Gasteiger partial charge < -0.3 is 4.90 Å². The van der Waals surface area contributed by atoms with Crippen molar-refractivity contribution in [3.8, 4) is 0 Å². The van der Waals surface area contributed by atoms with Crippen molar-refractivity contribution in [1.29, 1.82) is 0 Å². The smallest absolute Gasteiger partial charge is 0.0414 e. The van der Waals surface area contributed by atoms with Crippen molar-refractivity contribution in [3.63, 3.8) is 0 Å². The molecular formula is C14H23N3S. The Morgan fingerprint density at radius 2 is 2.28 bits per heavy atom. The molecule has 0 saturated carbocycles. The molecular weight excluding hydrogens is 242 g/mol. The number of hydrogen-bond donors (Lipinski definition) is 2. The summed E-state index contributed by atoms with van der Waals surface area (Å²) < 4.78 is 0. The van der Waals surface area contributed by atoms with E-state index in [9.17, 15) is 0 Å². The molecule has 0 amide bonds. The molecule has 0 aromatic heterocycles. The van der Waals surface area contributed by atoms with Crippen LogP contribution < -0.4 is 11.3 Å². The summed E-state index contributed by atoms with van der Waals surface area (Å²) in [7, 11) is 2.20. The van der Waals surface area contributed by atoms with Gasteiger partial charge in [-0.05, 0) is 31.5 Å². The maximum atomic E-state index is 5.78. The summed E-state index contributed by atoms with van der Waals surface area (Å²) in [5.41, 5.74) is 5.77. The zero-order valence-corrected chi connectivity index (χ0v) is 12.0. The monoisotopic (exact) mass is 265 g/mol. The molecule has 1 fully saturated rings. The van der Waals surface area contributed by atoms with Crippen molar-refractivity contribution in [3.05, 3.63) is 35.4 Å². The van der Waals surface area contributed by atoms with Crippen LogP contribution in [0.5, 0.6) is 0 Å². The first-order chi connectivity index (χ1) is 8.72. The second kappa shape index (κ2) is 6.57. The molecule has 100 valence electrons. The molecule has 1 aliphatic rings. The van der Waals surface area contributed by atoms with Crippen LogP contribution in [0.1, 0.15) is 11.1 Å². The van der Waals surface area contributed by atoms with Gasteiger partial charge in [0.15, 0.2) is 0 Å². The summed E-state index contributed by atoms with van der Waals surface area (Å²) in [6.07, 6.45) is 0.999. The first-order valence-corrected chi connectivity index (χ1v) is 7.66. The van der Waals surface area contributed by atoms with Gasteiger partial charge in [-0.3, -0.25) is 11.3 Å². The molecule has 2 rings (SSSR count). The molecule has 18 heavy (non-hydrogen) atoms. The van der Waals surface area contributed by atoms with Gasteiger partial charge in [-0.1, -0.05) is 24.3 Å². The predicted octanol–water partition coefficient (Wildman–Crippen LogP) is 1.42. The lowest BCUT2D eigenvalue weighted by atomic mass is 9.97. The second-order valence-electron chi connectivity index (χ2n) is 5.03. The highest BCUT2D eigenvalue weighted by Crippen LogP contribution is 2.20. The molecule has 2 atom stereocenters. The topological polar surface area (TPSA) is 41.3 Å². The number of rotatable bonds is 4. The Hall–Kier alpha value is -0.550. The van der Waals surface area contributed by atoms with E-state index >= 15 is 0 Å². The molecule has 1 aromatic carbocycles. The molecule has 0 aliphatic carbocycles. The van der Waals surface area contributed by atoms with Crippen molar-refractivity contribution in [2.45, 2.75) is 25.4 Å². The largest absolute Gasteiger partial charge is 0.300 e. The molecule has 1 heterocycles. The normalized spacial score (nSPS) is 22.9. The van der Waals surface area contributed by atoms with Crippen LogP contribution in [-0.4, -0.2) is 42.1 Å². The number of nitrogens with two attached hydrogens (primary N) is 1. The number of hydrogen-bond acceptors (Lipinski definition) is 4. The number of aryl methyl sites for hydroxylation is 1. The van der Waals surface area contributed by atoms with Crippen molar-refractivity contribution in [2.75, 3.05) is 25.1 Å². The summed E-state index contributed by atoms with van der Waals surface area (Å²) in [5.74, 6) is 8.17. The van der Waals surface area contributed by atoms with Crippen molar-refractivity contribution in [1.82, 2.24) is 10.3 Å². The van der Waals surface area contributed by atoms with Crippen LogP contribution in [0.15, 0.2) is 24.3 Å². The van der Waals surface area contributed by atoms with Crippen LogP contribution in [-0.2, 0) is 6.42 Å². The lowest BCUT2D eigenvalue weighted by Gasteiger charge is -2.37. The summed E-state index contributed by atoms with van der Waals surface area (Å²) in [5, 5.41) is 0. The fraction of sp³-hybridized carbons (Fsp3) is 0.571. The van der Waals surface area contributed by atoms with Gasteiger partial charge in [0.1, 0.15) is 0 Å². The third kappa shape index (κ3) is 3.26. The van der Waals surface area contributed by atoms with Gasteiger partial charge in [0, 0.05) is 30.1 Å². The van der Waals surface area contributed by atoms with Gasteiger partial charge >= 0.3 is 0 Å². The summed E-state index contributed by atoms with van der Waals surface area (Å²) in [6, 6.07) is 9.41. The highest BCUT2D eigenvalue weighted by Gasteiger charge is 2.27. The minimum atomic E-state index is 0.323. The van der Waals surface area contributed by atoms with Gasteiger partial charge in [-0.15, -0.1) is 0 Å². The van der Waals surface area contributed by atoms with Crippen LogP contribution >= 0.6 is 11.8 Å². The number of hydrazine groups is 1. The first kappa shape index (κ1) is 13.9. The van der Waals surface area contributed by atoms with Gasteiger partial charge in [-0.2, -0.15) is 11.8 Å². The number of nitrogens with zero attached hydrogens (tertiary/aromatic N) is 1. The summed E-state index contributed by atoms with van der Waals surface area (Å²) in [6.45, 7) is 3.32. The number of nitrogens with one attached hydrogen (secondary N) is 1. The second-order valence-corrected chi connectivity index (χ2v) is 6.18. The molecule has 1 aromatic rings. The van der Waals surface area contributed by atoms with E-state index in [0.29, 0.717) is 12.1 Å². The summed E-state index contributed by atoms with van der Waals surface area (Å²) >= 11 is 2.03. The highest BCUT2D eigenvalue weighted by atomic mass is 32.2. The quantitative estimate of drug-likeness (QED) is 0.638. The molecule has 0 spiro atoms. The maximum absolute atomic E-state index is 5.78. The van der Waals surface area contributed by atoms with E-state index in [1.807, 2.05) is 11.8 Å². The Bertz CT molecular complexity index is 383. The van der Waals surface area contributed by atoms with E-state index in [-0.39, 0.29) is 0 Å². The average molecular weight is 265 g/mol. The molecule has 1 saturated heterocycles. The van der Waals surface area contributed by atoms with Crippen molar-refractivity contribution < 1.29 is 0 Å². The van der Waals surface area contributed by atoms with Crippen LogP contribution in [0.25, 0.3) is 0 Å². The van der Waals surface area contributed by atoms with Crippen molar-refractivity contribution in [2.24, 2.45) is 5.84 Å². The Kier molecular flexibility index (Phi) is 5.06. The third-order valence-corrected chi connectivity index (χ3v) is 4.87. The Morgan fingerprint density at radius 1 is 1.50 bits per heavy atom. The fourth-order valence-corrected chi connectivity index (χ4v) is 3.82. The number of thioether (sulfide) groups is 1. The standard InChI is InChI=1S/C14H23N3S/c1-11-5-3-4-6-12(11)9-13(16-15)14-10-18-8-7-17(14)2/h3-6,13-14,16H,7-10,15H2,1-2H3. The lowest BCUT2D eigenvalue weighted by molar-refractivity contribution is 0.214. The van der Waals surface area contributed by atoms with Crippen LogP contribution in [0, 0.1) is 6.92 Å². The van der Waals surface area contributed by atoms with Crippen LogP contribution in [0.2, 0.25) is 0 Å². The van der Waals surface area contributed by atoms with Crippen LogP contribution in [0.3, 0.4) is 0 Å². The van der Waals surface area contributed by atoms with Gasteiger partial charge in [0.05, 0.1) is 0 Å². The molecule has 2 unspecified atom stereocenters. The predicted molar refractivity (Wildman–Crippen MR) is 79.7 cm³/mol. The minimum Gasteiger partial charge on any atom is -0.300 e. The SMILES string of the molecule is Cc1ccccc1CC(NN)C1CSCCN1C. The van der Waals surface area contributed by atoms with Crippen LogP contribution in [0.4, 0.5) is 0 Å². The average Bonchev–Trinajstić information content (AvgIpc) is 2.39. The van der Waals surface area contributed by atoms with E-state index in [4.69, 9.17) is 5.84 Å². The summed E-state index contributed by atoms with van der Waals surface area (Å²) in [4.78, 5) is 2.43. The molecule has 4 heteroatoms. The molecule has 0 radical (unpaired) electrons. The fourth-order valence-electron chi connectivity index (χ4n) is 2.51.